The van der Waals surface area contributed by atoms with Gasteiger partial charge in [-0.15, -0.1) is 0 Å². The molecule has 0 atom stereocenters. The second kappa shape index (κ2) is 6.00. The number of nitrogens with one attached hydrogen (secondary N) is 1. The number of aryl methyl sites for hydroxylation is 2. The predicted molar refractivity (Wildman–Crippen MR) is 88.4 cm³/mol. The molecule has 2 heteroatoms. The molecule has 20 heavy (non-hydrogen) atoms. The molecule has 0 spiro atoms. The fourth-order valence-corrected chi connectivity index (χ4v) is 2.54. The highest BCUT2D eigenvalue weighted by Gasteiger charge is 2.05. The number of hydrogen-bond acceptors (Lipinski definition) is 2. The minimum Gasteiger partial charge on any atom is -0.397 e. The van der Waals surface area contributed by atoms with Crippen LogP contribution in [-0.4, -0.2) is 6.54 Å². The third-order valence-corrected chi connectivity index (χ3v) is 4.17. The molecular formula is C18H24N2. The summed E-state index contributed by atoms with van der Waals surface area (Å²) in [7, 11) is 0. The van der Waals surface area contributed by atoms with Crippen molar-refractivity contribution in [3.05, 3.63) is 58.1 Å². The van der Waals surface area contributed by atoms with E-state index >= 15 is 0 Å². The quantitative estimate of drug-likeness (QED) is 0.817. The molecule has 106 valence electrons. The summed E-state index contributed by atoms with van der Waals surface area (Å²) in [5, 5.41) is 3.47. The van der Waals surface area contributed by atoms with Gasteiger partial charge in [-0.25, -0.2) is 0 Å². The Kier molecular flexibility index (Phi) is 4.33. The highest BCUT2D eigenvalue weighted by Crippen LogP contribution is 2.23. The van der Waals surface area contributed by atoms with Crippen LogP contribution in [0.3, 0.4) is 0 Å². The lowest BCUT2D eigenvalue weighted by molar-refractivity contribution is 0.994. The zero-order chi connectivity index (χ0) is 14.7. The number of nitrogens with two attached hydrogens (primary N) is 1. The molecule has 2 rings (SSSR count). The molecule has 2 aromatic rings. The van der Waals surface area contributed by atoms with E-state index in [-0.39, 0.29) is 0 Å². The van der Waals surface area contributed by atoms with E-state index in [9.17, 15) is 0 Å². The van der Waals surface area contributed by atoms with Crippen molar-refractivity contribution in [2.24, 2.45) is 0 Å². The Hall–Kier alpha value is -1.96. The Balaban J connectivity index is 2.05. The van der Waals surface area contributed by atoms with Gasteiger partial charge in [-0.1, -0.05) is 24.3 Å². The van der Waals surface area contributed by atoms with E-state index in [4.69, 9.17) is 5.73 Å². The maximum absolute atomic E-state index is 6.01. The summed E-state index contributed by atoms with van der Waals surface area (Å²) in [5.41, 5.74) is 14.7. The number of hydrogen-bond donors (Lipinski definition) is 2. The van der Waals surface area contributed by atoms with Gasteiger partial charge in [-0.05, 0) is 68.0 Å². The van der Waals surface area contributed by atoms with Gasteiger partial charge in [0, 0.05) is 6.54 Å². The van der Waals surface area contributed by atoms with Crippen LogP contribution in [0.1, 0.15) is 27.8 Å². The first-order valence-corrected chi connectivity index (χ1v) is 7.15. The van der Waals surface area contributed by atoms with Crippen LogP contribution in [0.15, 0.2) is 30.3 Å². The van der Waals surface area contributed by atoms with Gasteiger partial charge in [-0.2, -0.15) is 0 Å². The fourth-order valence-electron chi connectivity index (χ4n) is 2.54. The average Bonchev–Trinajstić information content (AvgIpc) is 2.42. The van der Waals surface area contributed by atoms with Crippen LogP contribution < -0.4 is 11.1 Å². The lowest BCUT2D eigenvalue weighted by Gasteiger charge is -2.14. The predicted octanol–water partition coefficient (Wildman–Crippen LogP) is 4.16. The number of rotatable bonds is 4. The van der Waals surface area contributed by atoms with E-state index in [0.717, 1.165) is 24.3 Å². The monoisotopic (exact) mass is 268 g/mol. The molecule has 0 saturated carbocycles. The first-order chi connectivity index (χ1) is 9.50. The van der Waals surface area contributed by atoms with Crippen molar-refractivity contribution in [2.45, 2.75) is 34.1 Å². The summed E-state index contributed by atoms with van der Waals surface area (Å²) in [6.07, 6.45) is 1.01. The maximum atomic E-state index is 6.01. The van der Waals surface area contributed by atoms with Crippen molar-refractivity contribution in [3.8, 4) is 0 Å². The molecule has 0 radical (unpaired) electrons. The molecule has 0 aliphatic heterocycles. The molecule has 2 nitrogen and oxygen atoms in total. The number of para-hydroxylation sites is 1. The Morgan fingerprint density at radius 1 is 0.900 bits per heavy atom. The molecule has 3 N–H and O–H groups in total. The molecular weight excluding hydrogens is 244 g/mol. The smallest absolute Gasteiger partial charge is 0.0603 e. The molecule has 0 aromatic heterocycles. The van der Waals surface area contributed by atoms with Crippen LogP contribution in [0.4, 0.5) is 11.4 Å². The number of anilines is 2. The largest absolute Gasteiger partial charge is 0.397 e. The normalized spacial score (nSPS) is 10.6. The van der Waals surface area contributed by atoms with Crippen LogP contribution in [0.2, 0.25) is 0 Å². The molecule has 0 aliphatic carbocycles. The van der Waals surface area contributed by atoms with Gasteiger partial charge < -0.3 is 11.1 Å². The summed E-state index contributed by atoms with van der Waals surface area (Å²) in [6.45, 7) is 9.55. The minimum atomic E-state index is 0.821. The molecule has 0 fully saturated rings. The van der Waals surface area contributed by atoms with Crippen molar-refractivity contribution in [3.63, 3.8) is 0 Å². The Morgan fingerprint density at radius 2 is 1.65 bits per heavy atom. The second-order valence-electron chi connectivity index (χ2n) is 5.51. The highest BCUT2D eigenvalue weighted by molar-refractivity contribution is 5.69. The van der Waals surface area contributed by atoms with Gasteiger partial charge in [0.1, 0.15) is 0 Å². The van der Waals surface area contributed by atoms with Crippen LogP contribution in [0.5, 0.6) is 0 Å². The lowest BCUT2D eigenvalue weighted by Crippen LogP contribution is -2.09. The van der Waals surface area contributed by atoms with Crippen LogP contribution in [-0.2, 0) is 6.42 Å². The van der Waals surface area contributed by atoms with E-state index in [0.29, 0.717) is 0 Å². The third-order valence-electron chi connectivity index (χ3n) is 4.17. The van der Waals surface area contributed by atoms with Gasteiger partial charge in [0.05, 0.1) is 11.4 Å². The third kappa shape index (κ3) is 2.96. The zero-order valence-corrected chi connectivity index (χ0v) is 12.9. The van der Waals surface area contributed by atoms with Crippen LogP contribution >= 0.6 is 0 Å². The summed E-state index contributed by atoms with van der Waals surface area (Å²) in [5.74, 6) is 0. The molecule has 0 heterocycles. The molecule has 0 amide bonds. The summed E-state index contributed by atoms with van der Waals surface area (Å²) < 4.78 is 0. The lowest BCUT2D eigenvalue weighted by atomic mass is 9.97. The maximum Gasteiger partial charge on any atom is 0.0603 e. The first-order valence-electron chi connectivity index (χ1n) is 7.15. The van der Waals surface area contributed by atoms with Crippen molar-refractivity contribution in [1.29, 1.82) is 0 Å². The summed E-state index contributed by atoms with van der Waals surface area (Å²) in [4.78, 5) is 0. The average molecular weight is 268 g/mol. The fraction of sp³-hybridized carbons (Fsp3) is 0.333. The SMILES string of the molecule is Cc1ccc(CCNc2c(C)cccc2N)c(C)c1C. The molecule has 0 aliphatic rings. The summed E-state index contributed by atoms with van der Waals surface area (Å²) >= 11 is 0. The first kappa shape index (κ1) is 14.4. The van der Waals surface area contributed by atoms with Crippen LogP contribution in [0.25, 0.3) is 0 Å². The number of benzene rings is 2. The van der Waals surface area contributed by atoms with E-state index in [1.165, 1.54) is 27.8 Å². The van der Waals surface area contributed by atoms with E-state index < -0.39 is 0 Å². The van der Waals surface area contributed by atoms with Crippen molar-refractivity contribution < 1.29 is 0 Å². The second-order valence-corrected chi connectivity index (χ2v) is 5.51. The zero-order valence-electron chi connectivity index (χ0n) is 12.9. The van der Waals surface area contributed by atoms with Crippen molar-refractivity contribution >= 4 is 11.4 Å². The Labute approximate surface area is 122 Å². The Morgan fingerprint density at radius 3 is 2.35 bits per heavy atom. The molecule has 0 bridgehead atoms. The van der Waals surface area contributed by atoms with Gasteiger partial charge in [0.15, 0.2) is 0 Å². The topological polar surface area (TPSA) is 38.0 Å². The number of nitrogen functional groups attached to an aromatic ring is 1. The molecule has 0 unspecified atom stereocenters. The van der Waals surface area contributed by atoms with Crippen LogP contribution in [0, 0.1) is 27.7 Å². The van der Waals surface area contributed by atoms with E-state index in [1.807, 2.05) is 12.1 Å². The van der Waals surface area contributed by atoms with Crippen molar-refractivity contribution in [1.82, 2.24) is 0 Å². The molecule has 0 saturated heterocycles. The van der Waals surface area contributed by atoms with Crippen molar-refractivity contribution in [2.75, 3.05) is 17.6 Å². The minimum absolute atomic E-state index is 0.821. The van der Waals surface area contributed by atoms with E-state index in [2.05, 4.69) is 51.2 Å². The van der Waals surface area contributed by atoms with Gasteiger partial charge in [-0.3, -0.25) is 0 Å². The molecule has 2 aromatic carbocycles. The Bertz CT molecular complexity index is 595. The highest BCUT2D eigenvalue weighted by atomic mass is 14.9. The standard InChI is InChI=1S/C18H24N2/c1-12-8-9-16(15(4)14(12)3)10-11-20-18-13(2)6-5-7-17(18)19/h5-9,20H,10-11,19H2,1-4H3. The van der Waals surface area contributed by atoms with Gasteiger partial charge in [0.2, 0.25) is 0 Å². The van der Waals surface area contributed by atoms with Gasteiger partial charge >= 0.3 is 0 Å². The summed E-state index contributed by atoms with van der Waals surface area (Å²) in [6, 6.07) is 10.5. The van der Waals surface area contributed by atoms with E-state index in [1.54, 1.807) is 0 Å². The van der Waals surface area contributed by atoms with Gasteiger partial charge in [0.25, 0.3) is 0 Å².